The fourth-order valence-corrected chi connectivity index (χ4v) is 4.09. The van der Waals surface area contributed by atoms with E-state index in [9.17, 15) is 23.1 Å². The van der Waals surface area contributed by atoms with Crippen molar-refractivity contribution < 1.29 is 32.5 Å². The first-order valence-corrected chi connectivity index (χ1v) is 10.2. The number of nitrogens with zero attached hydrogens (tertiary/aromatic N) is 2. The van der Waals surface area contributed by atoms with Crippen molar-refractivity contribution in [3.8, 4) is 21.9 Å². The molecule has 0 aliphatic heterocycles. The lowest BCUT2D eigenvalue weighted by molar-refractivity contribution is -0.137. The molecule has 0 aliphatic rings. The highest BCUT2D eigenvalue weighted by atomic mass is 32.1. The molecule has 0 bridgehead atoms. The molecule has 3 rings (SSSR count). The summed E-state index contributed by atoms with van der Waals surface area (Å²) in [7, 11) is 3.07. The summed E-state index contributed by atoms with van der Waals surface area (Å²) in [6.07, 6.45) is -4.13. The van der Waals surface area contributed by atoms with Crippen molar-refractivity contribution in [3.05, 3.63) is 47.3 Å². The van der Waals surface area contributed by atoms with Crippen LogP contribution in [0.1, 0.15) is 41.4 Å². The number of nitrogens with one attached hydrogen (secondary N) is 1. The summed E-state index contributed by atoms with van der Waals surface area (Å²) < 4.78 is 49.6. The first-order valence-electron chi connectivity index (χ1n) is 9.35. The normalized spacial score (nSPS) is 11.5. The van der Waals surface area contributed by atoms with Gasteiger partial charge in [-0.05, 0) is 24.1 Å². The number of hydrogen-bond donors (Lipinski definition) is 2. The minimum Gasteiger partial charge on any atom is -0.497 e. The lowest BCUT2D eigenvalue weighted by Crippen LogP contribution is -2.11. The summed E-state index contributed by atoms with van der Waals surface area (Å²) in [5.74, 6) is -0.602. The highest BCUT2D eigenvalue weighted by molar-refractivity contribution is 7.19. The van der Waals surface area contributed by atoms with Crippen LogP contribution in [0, 0.1) is 0 Å². The Morgan fingerprint density at radius 1 is 1.19 bits per heavy atom. The minimum absolute atomic E-state index is 0.00289. The quantitative estimate of drug-likeness (QED) is 0.453. The van der Waals surface area contributed by atoms with Crippen molar-refractivity contribution in [2.75, 3.05) is 19.5 Å². The number of halogens is 3. The summed E-state index contributed by atoms with van der Waals surface area (Å²) in [5.41, 5.74) is -0.290. The molecule has 0 radical (unpaired) electrons. The second-order valence-corrected chi connectivity index (χ2v) is 8.00. The number of rotatable bonds is 7. The average molecular weight is 467 g/mol. The number of ether oxygens (including phenoxy) is 2. The third kappa shape index (κ3) is 4.77. The molecule has 0 saturated carbocycles. The second kappa shape index (κ2) is 9.03. The van der Waals surface area contributed by atoms with Crippen LogP contribution in [0.4, 0.5) is 24.1 Å². The average Bonchev–Trinajstić information content (AvgIpc) is 3.16. The SMILES string of the molecule is COc1ccc(-c2sc(Nc3ncc(C(F)(F)F)cc3C(=O)O)nc2C(C)C)c(OC)c1. The van der Waals surface area contributed by atoms with Gasteiger partial charge in [-0.1, -0.05) is 25.2 Å². The number of thiazole rings is 1. The molecular formula is C21H20F3N3O4S. The molecule has 0 atom stereocenters. The number of aromatic nitrogens is 2. The van der Waals surface area contributed by atoms with Crippen molar-refractivity contribution in [2.24, 2.45) is 0 Å². The molecule has 0 unspecified atom stereocenters. The van der Waals surface area contributed by atoms with Crippen LogP contribution in [0.15, 0.2) is 30.5 Å². The van der Waals surface area contributed by atoms with Gasteiger partial charge in [0.2, 0.25) is 0 Å². The van der Waals surface area contributed by atoms with E-state index in [1.165, 1.54) is 18.4 Å². The number of carboxylic acid groups (broad SMARTS) is 1. The van der Waals surface area contributed by atoms with Gasteiger partial charge in [0.05, 0.1) is 30.4 Å². The Labute approximate surface area is 185 Å². The monoisotopic (exact) mass is 467 g/mol. The van der Waals surface area contributed by atoms with Crippen LogP contribution >= 0.6 is 11.3 Å². The Morgan fingerprint density at radius 2 is 1.91 bits per heavy atom. The van der Waals surface area contributed by atoms with Gasteiger partial charge in [-0.2, -0.15) is 13.2 Å². The van der Waals surface area contributed by atoms with Crippen LogP contribution in [0.2, 0.25) is 0 Å². The molecule has 0 spiro atoms. The van der Waals surface area contributed by atoms with E-state index in [1.807, 2.05) is 19.9 Å². The fourth-order valence-electron chi connectivity index (χ4n) is 2.94. The fraction of sp³-hybridized carbons (Fsp3) is 0.286. The Bertz CT molecular complexity index is 1150. The predicted molar refractivity (Wildman–Crippen MR) is 114 cm³/mol. The van der Waals surface area contributed by atoms with Crippen molar-refractivity contribution in [2.45, 2.75) is 25.9 Å². The van der Waals surface area contributed by atoms with Crippen LogP contribution in [0.5, 0.6) is 11.5 Å². The summed E-state index contributed by atoms with van der Waals surface area (Å²) in [6, 6.07) is 5.86. The molecule has 0 fully saturated rings. The summed E-state index contributed by atoms with van der Waals surface area (Å²) in [4.78, 5) is 20.5. The molecule has 7 nitrogen and oxygen atoms in total. The largest absolute Gasteiger partial charge is 0.497 e. The molecule has 2 heterocycles. The zero-order valence-corrected chi connectivity index (χ0v) is 18.4. The van der Waals surface area contributed by atoms with Crippen molar-refractivity contribution >= 4 is 28.3 Å². The molecule has 2 aromatic heterocycles. The maximum absolute atomic E-state index is 13.0. The topological polar surface area (TPSA) is 93.6 Å². The number of carbonyl (C=O) groups is 1. The van der Waals surface area contributed by atoms with E-state index < -0.39 is 23.3 Å². The molecule has 2 N–H and O–H groups in total. The number of anilines is 2. The van der Waals surface area contributed by atoms with Crippen LogP contribution in [-0.4, -0.2) is 35.3 Å². The zero-order chi connectivity index (χ0) is 23.6. The lowest BCUT2D eigenvalue weighted by Gasteiger charge is -2.11. The van der Waals surface area contributed by atoms with Gasteiger partial charge in [-0.25, -0.2) is 14.8 Å². The van der Waals surface area contributed by atoms with Crippen LogP contribution in [0.25, 0.3) is 10.4 Å². The first-order chi connectivity index (χ1) is 15.0. The first kappa shape index (κ1) is 23.3. The number of carboxylic acids is 1. The summed E-state index contributed by atoms with van der Waals surface area (Å²) in [6.45, 7) is 3.88. The van der Waals surface area contributed by atoms with Crippen molar-refractivity contribution in [3.63, 3.8) is 0 Å². The van der Waals surface area contributed by atoms with E-state index in [0.717, 1.165) is 10.4 Å². The number of benzene rings is 1. The molecule has 1 aromatic carbocycles. The van der Waals surface area contributed by atoms with Crippen molar-refractivity contribution in [1.29, 1.82) is 0 Å². The van der Waals surface area contributed by atoms with Gasteiger partial charge in [0.15, 0.2) is 5.13 Å². The standard InChI is InChI=1S/C21H20F3N3O4S/c1-10(2)16-17(13-6-5-12(30-3)8-15(13)31-4)32-20(26-16)27-18-14(19(28)29)7-11(9-25-18)21(22,23)24/h5-10H,1-4H3,(H,28,29)(H,25,26,27). The van der Waals surface area contributed by atoms with Gasteiger partial charge >= 0.3 is 12.1 Å². The van der Waals surface area contributed by atoms with E-state index in [0.29, 0.717) is 29.5 Å². The number of aromatic carboxylic acids is 1. The third-order valence-electron chi connectivity index (χ3n) is 4.52. The van der Waals surface area contributed by atoms with E-state index in [4.69, 9.17) is 9.47 Å². The molecule has 3 aromatic rings. The number of methoxy groups -OCH3 is 2. The number of pyridine rings is 1. The third-order valence-corrected chi connectivity index (χ3v) is 5.54. The number of alkyl halides is 3. The van der Waals surface area contributed by atoms with Gasteiger partial charge in [-0.15, -0.1) is 0 Å². The molecule has 0 saturated heterocycles. The maximum Gasteiger partial charge on any atom is 0.417 e. The Morgan fingerprint density at radius 3 is 2.47 bits per heavy atom. The molecule has 0 aliphatic carbocycles. The van der Waals surface area contributed by atoms with E-state index >= 15 is 0 Å². The summed E-state index contributed by atoms with van der Waals surface area (Å²) >= 11 is 1.21. The Kier molecular flexibility index (Phi) is 6.58. The molecule has 11 heteroatoms. The van der Waals surface area contributed by atoms with Gasteiger partial charge in [-0.3, -0.25) is 0 Å². The van der Waals surface area contributed by atoms with Crippen LogP contribution in [0.3, 0.4) is 0 Å². The second-order valence-electron chi connectivity index (χ2n) is 7.00. The highest BCUT2D eigenvalue weighted by Crippen LogP contribution is 2.43. The highest BCUT2D eigenvalue weighted by Gasteiger charge is 2.33. The maximum atomic E-state index is 13.0. The molecule has 170 valence electrons. The lowest BCUT2D eigenvalue weighted by atomic mass is 10.0. The van der Waals surface area contributed by atoms with E-state index in [1.54, 1.807) is 19.2 Å². The Hall–Kier alpha value is -3.34. The molecule has 32 heavy (non-hydrogen) atoms. The Balaban J connectivity index is 2.06. The minimum atomic E-state index is -4.71. The molecular weight excluding hydrogens is 447 g/mol. The van der Waals surface area contributed by atoms with E-state index in [-0.39, 0.29) is 16.9 Å². The van der Waals surface area contributed by atoms with Gasteiger partial charge in [0.1, 0.15) is 22.9 Å². The van der Waals surface area contributed by atoms with Gasteiger partial charge in [0.25, 0.3) is 0 Å². The predicted octanol–water partition coefficient (Wildman–Crippen LogP) is 5.81. The van der Waals surface area contributed by atoms with Gasteiger partial charge in [0, 0.05) is 17.8 Å². The summed E-state index contributed by atoms with van der Waals surface area (Å²) in [5, 5.41) is 12.4. The number of hydrogen-bond acceptors (Lipinski definition) is 7. The van der Waals surface area contributed by atoms with Crippen LogP contribution in [-0.2, 0) is 6.18 Å². The van der Waals surface area contributed by atoms with E-state index in [2.05, 4.69) is 15.3 Å². The zero-order valence-electron chi connectivity index (χ0n) is 17.6. The van der Waals surface area contributed by atoms with Gasteiger partial charge < -0.3 is 19.9 Å². The smallest absolute Gasteiger partial charge is 0.417 e. The van der Waals surface area contributed by atoms with Crippen molar-refractivity contribution in [1.82, 2.24) is 9.97 Å². The molecule has 0 amide bonds. The van der Waals surface area contributed by atoms with Crippen LogP contribution < -0.4 is 14.8 Å².